The lowest BCUT2D eigenvalue weighted by atomic mass is 10.1. The fourth-order valence-corrected chi connectivity index (χ4v) is 2.11. The number of anilines is 1. The molecule has 0 saturated carbocycles. The molecule has 1 N–H and O–H groups in total. The number of nitrogens with zero attached hydrogens (tertiary/aromatic N) is 4. The van der Waals surface area contributed by atoms with E-state index >= 15 is 0 Å². The average molecular weight is 383 g/mol. The highest BCUT2D eigenvalue weighted by Gasteiger charge is 2.31. The first-order valence-electron chi connectivity index (χ1n) is 8.34. The van der Waals surface area contributed by atoms with Gasteiger partial charge in [0, 0.05) is 23.9 Å². The van der Waals surface area contributed by atoms with E-state index in [-0.39, 0.29) is 12.1 Å². The first kappa shape index (κ1) is 20.6. The lowest BCUT2D eigenvalue weighted by Gasteiger charge is -2.11. The van der Waals surface area contributed by atoms with Crippen LogP contribution in [0, 0.1) is 18.7 Å². The summed E-state index contributed by atoms with van der Waals surface area (Å²) >= 11 is 0. The molecule has 2 aromatic heterocycles. The Labute approximate surface area is 154 Å². The molecule has 146 valence electrons. The number of hydrogen-bond acceptors (Lipinski definition) is 4. The second-order valence-electron chi connectivity index (χ2n) is 6.64. The third kappa shape index (κ3) is 5.63. The van der Waals surface area contributed by atoms with Crippen LogP contribution < -0.4 is 5.32 Å². The Balaban J connectivity index is 0.000000596. The average Bonchev–Trinajstić information content (AvgIpc) is 3.00. The van der Waals surface area contributed by atoms with Crippen molar-refractivity contribution in [3.8, 4) is 0 Å². The van der Waals surface area contributed by atoms with Gasteiger partial charge in [-0.1, -0.05) is 26.8 Å². The summed E-state index contributed by atoms with van der Waals surface area (Å²) in [7, 11) is 0. The van der Waals surface area contributed by atoms with Gasteiger partial charge in [0.25, 0.3) is 5.78 Å². The van der Waals surface area contributed by atoms with Crippen molar-refractivity contribution < 1.29 is 17.6 Å². The molecule has 3 rings (SSSR count). The van der Waals surface area contributed by atoms with E-state index < -0.39 is 17.6 Å². The summed E-state index contributed by atoms with van der Waals surface area (Å²) in [6.45, 7) is 8.26. The molecule has 27 heavy (non-hydrogen) atoms. The van der Waals surface area contributed by atoms with Crippen LogP contribution in [0.2, 0.25) is 0 Å². The largest absolute Gasteiger partial charge is 0.416 e. The van der Waals surface area contributed by atoms with Gasteiger partial charge in [-0.3, -0.25) is 0 Å². The Morgan fingerprint density at radius 2 is 1.81 bits per heavy atom. The fraction of sp³-hybridized carbons (Fsp3) is 0.389. The van der Waals surface area contributed by atoms with Crippen molar-refractivity contribution in [2.24, 2.45) is 5.92 Å². The first-order valence-corrected chi connectivity index (χ1v) is 8.34. The van der Waals surface area contributed by atoms with Gasteiger partial charge in [-0.25, -0.2) is 9.37 Å². The Bertz CT molecular complexity index is 900. The van der Waals surface area contributed by atoms with Gasteiger partial charge in [0.1, 0.15) is 18.0 Å². The minimum Gasteiger partial charge on any atom is -0.366 e. The van der Waals surface area contributed by atoms with Crippen molar-refractivity contribution in [2.75, 3.05) is 5.32 Å². The van der Waals surface area contributed by atoms with Gasteiger partial charge in [0.2, 0.25) is 0 Å². The van der Waals surface area contributed by atoms with Crippen molar-refractivity contribution in [2.45, 2.75) is 40.4 Å². The van der Waals surface area contributed by atoms with E-state index in [2.05, 4.69) is 41.2 Å². The highest BCUT2D eigenvalue weighted by Crippen LogP contribution is 2.30. The lowest BCUT2D eigenvalue weighted by molar-refractivity contribution is -0.137. The summed E-state index contributed by atoms with van der Waals surface area (Å²) in [6.07, 6.45) is -3.24. The highest BCUT2D eigenvalue weighted by molar-refractivity contribution is 5.45. The van der Waals surface area contributed by atoms with Gasteiger partial charge in [-0.05, 0) is 25.0 Å². The lowest BCUT2D eigenvalue weighted by Crippen LogP contribution is -2.10. The van der Waals surface area contributed by atoms with E-state index in [1.165, 1.54) is 10.8 Å². The molecular formula is C18H21F4N5. The minimum absolute atomic E-state index is 0.00236. The van der Waals surface area contributed by atoms with Gasteiger partial charge < -0.3 is 5.32 Å². The summed E-state index contributed by atoms with van der Waals surface area (Å²) in [4.78, 5) is 8.11. The summed E-state index contributed by atoms with van der Waals surface area (Å²) < 4.78 is 52.8. The van der Waals surface area contributed by atoms with Gasteiger partial charge >= 0.3 is 6.18 Å². The molecule has 9 heteroatoms. The zero-order valence-electron chi connectivity index (χ0n) is 15.5. The second-order valence-corrected chi connectivity index (χ2v) is 6.64. The van der Waals surface area contributed by atoms with Crippen LogP contribution in [0.15, 0.2) is 30.6 Å². The van der Waals surface area contributed by atoms with Crippen LogP contribution >= 0.6 is 0 Å². The molecular weight excluding hydrogens is 362 g/mol. The van der Waals surface area contributed by atoms with E-state index in [0.29, 0.717) is 23.4 Å². The fourth-order valence-electron chi connectivity index (χ4n) is 2.11. The molecule has 0 aliphatic rings. The van der Waals surface area contributed by atoms with Crippen LogP contribution in [-0.2, 0) is 12.7 Å². The van der Waals surface area contributed by atoms with Gasteiger partial charge in [0.15, 0.2) is 0 Å². The zero-order chi connectivity index (χ0) is 20.2. The minimum atomic E-state index is -4.57. The maximum absolute atomic E-state index is 13.8. The predicted molar refractivity (Wildman–Crippen MR) is 94.8 cm³/mol. The number of nitrogens with one attached hydrogen (secondary N) is 1. The molecule has 0 spiro atoms. The maximum Gasteiger partial charge on any atom is 0.416 e. The number of halogens is 4. The van der Waals surface area contributed by atoms with Crippen molar-refractivity contribution in [3.63, 3.8) is 0 Å². The molecule has 1 aromatic carbocycles. The molecule has 0 aliphatic carbocycles. The highest BCUT2D eigenvalue weighted by atomic mass is 19.4. The zero-order valence-corrected chi connectivity index (χ0v) is 15.5. The summed E-state index contributed by atoms with van der Waals surface area (Å²) in [5.74, 6) is 0.803. The summed E-state index contributed by atoms with van der Waals surface area (Å²) in [5.41, 5.74) is -0.223. The number of alkyl halides is 3. The Hall–Kier alpha value is -2.71. The molecule has 0 unspecified atom stereocenters. The van der Waals surface area contributed by atoms with E-state index in [4.69, 9.17) is 0 Å². The van der Waals surface area contributed by atoms with Crippen molar-refractivity contribution in [1.29, 1.82) is 0 Å². The van der Waals surface area contributed by atoms with E-state index in [1.54, 1.807) is 13.0 Å². The van der Waals surface area contributed by atoms with Gasteiger partial charge in [-0.15, -0.1) is 0 Å². The van der Waals surface area contributed by atoms with Crippen molar-refractivity contribution >= 4 is 11.6 Å². The molecule has 0 amide bonds. The van der Waals surface area contributed by atoms with Crippen LogP contribution in [-0.4, -0.2) is 19.6 Å². The summed E-state index contributed by atoms with van der Waals surface area (Å²) in [6, 6.07) is 4.13. The molecule has 0 radical (unpaired) electrons. The first-order chi connectivity index (χ1) is 12.6. The smallest absolute Gasteiger partial charge is 0.366 e. The Kier molecular flexibility index (Phi) is 6.35. The van der Waals surface area contributed by atoms with Crippen molar-refractivity contribution in [3.05, 3.63) is 53.2 Å². The standard InChI is InChI=1S/C14H11F4N5.C4H10/c1-8-4-12(23-13(22-8)20-7-21-23)19-6-9-2-3-10(5-11(9)15)14(16,17)18;1-4(2)3/h2-5,7,19H,6H2,1H3;4H,1-3H3. The van der Waals surface area contributed by atoms with Crippen molar-refractivity contribution in [1.82, 2.24) is 19.6 Å². The Morgan fingerprint density at radius 1 is 1.15 bits per heavy atom. The van der Waals surface area contributed by atoms with Crippen LogP contribution in [0.1, 0.15) is 37.6 Å². The van der Waals surface area contributed by atoms with Crippen LogP contribution in [0.5, 0.6) is 0 Å². The van der Waals surface area contributed by atoms with Crippen LogP contribution in [0.25, 0.3) is 5.78 Å². The molecule has 0 aliphatic heterocycles. The van der Waals surface area contributed by atoms with Crippen LogP contribution in [0.4, 0.5) is 23.4 Å². The third-order valence-corrected chi connectivity index (χ3v) is 3.22. The monoisotopic (exact) mass is 383 g/mol. The molecule has 0 saturated heterocycles. The number of aromatic nitrogens is 4. The molecule has 3 aromatic rings. The van der Waals surface area contributed by atoms with Gasteiger partial charge in [-0.2, -0.15) is 27.8 Å². The normalized spacial score (nSPS) is 11.4. The SMILES string of the molecule is CC(C)C.Cc1cc(NCc2ccc(C(F)(F)F)cc2F)n2ncnc2n1. The van der Waals surface area contributed by atoms with E-state index in [9.17, 15) is 17.6 Å². The molecule has 0 fully saturated rings. The quantitative estimate of drug-likeness (QED) is 0.656. The number of rotatable bonds is 3. The van der Waals surface area contributed by atoms with Crippen LogP contribution in [0.3, 0.4) is 0 Å². The molecule has 0 bridgehead atoms. The molecule has 5 nitrogen and oxygen atoms in total. The molecule has 2 heterocycles. The number of aryl methyl sites for hydroxylation is 1. The molecule has 0 atom stereocenters. The number of fused-ring (bicyclic) bond motifs is 1. The predicted octanol–water partition coefficient (Wildman–Crippen LogP) is 4.87. The summed E-state index contributed by atoms with van der Waals surface area (Å²) in [5, 5.41) is 6.91. The van der Waals surface area contributed by atoms with Gasteiger partial charge in [0.05, 0.1) is 5.56 Å². The second kappa shape index (κ2) is 8.32. The topological polar surface area (TPSA) is 55.1 Å². The Morgan fingerprint density at radius 3 is 2.41 bits per heavy atom. The number of hydrogen-bond donors (Lipinski definition) is 1. The number of benzene rings is 1. The van der Waals surface area contributed by atoms with E-state index in [1.807, 2.05) is 0 Å². The maximum atomic E-state index is 13.8. The van der Waals surface area contributed by atoms with E-state index in [0.717, 1.165) is 18.1 Å². The third-order valence-electron chi connectivity index (χ3n) is 3.22.